The number of methoxy groups -OCH3 is 2. The Bertz CT molecular complexity index is 652. The van der Waals surface area contributed by atoms with Gasteiger partial charge in [0.25, 0.3) is 5.91 Å². The van der Waals surface area contributed by atoms with E-state index in [0.717, 1.165) is 50.1 Å². The molecular formula is C21H35N3O3+2. The van der Waals surface area contributed by atoms with Crippen LogP contribution >= 0.6 is 0 Å². The minimum Gasteiger partial charge on any atom is -0.493 e. The highest BCUT2D eigenvalue weighted by atomic mass is 16.5. The van der Waals surface area contributed by atoms with Gasteiger partial charge in [0.1, 0.15) is 32.7 Å². The van der Waals surface area contributed by atoms with Gasteiger partial charge >= 0.3 is 0 Å². The number of carbonyl (C=O) groups is 1. The summed E-state index contributed by atoms with van der Waals surface area (Å²) in [4.78, 5) is 15.2. The van der Waals surface area contributed by atoms with Crippen LogP contribution < -0.4 is 24.6 Å². The van der Waals surface area contributed by atoms with Crippen LogP contribution in [0.3, 0.4) is 0 Å². The Hall–Kier alpha value is -1.79. The van der Waals surface area contributed by atoms with Gasteiger partial charge in [0, 0.05) is 11.6 Å². The first kappa shape index (κ1) is 20.0. The van der Waals surface area contributed by atoms with Crippen LogP contribution in [0.25, 0.3) is 0 Å². The summed E-state index contributed by atoms with van der Waals surface area (Å²) in [6.45, 7) is 10.1. The van der Waals surface area contributed by atoms with Gasteiger partial charge in [0.15, 0.2) is 18.0 Å². The van der Waals surface area contributed by atoms with Crippen LogP contribution in [0.1, 0.15) is 30.9 Å². The molecule has 6 nitrogen and oxygen atoms in total. The van der Waals surface area contributed by atoms with Crippen molar-refractivity contribution in [2.24, 2.45) is 5.92 Å². The molecule has 1 heterocycles. The third kappa shape index (κ3) is 5.36. The minimum absolute atomic E-state index is 0.212. The van der Waals surface area contributed by atoms with E-state index >= 15 is 0 Å². The van der Waals surface area contributed by atoms with Gasteiger partial charge in [-0.15, -0.1) is 0 Å². The molecule has 0 unspecified atom stereocenters. The van der Waals surface area contributed by atoms with E-state index < -0.39 is 0 Å². The number of quaternary nitrogens is 2. The van der Waals surface area contributed by atoms with Gasteiger partial charge in [0.2, 0.25) is 0 Å². The zero-order valence-electron chi connectivity index (χ0n) is 17.2. The topological polar surface area (TPSA) is 56.4 Å². The van der Waals surface area contributed by atoms with E-state index in [-0.39, 0.29) is 5.91 Å². The van der Waals surface area contributed by atoms with Crippen LogP contribution in [0.4, 0.5) is 0 Å². The van der Waals surface area contributed by atoms with Crippen LogP contribution in [0, 0.1) is 12.8 Å². The first-order valence-corrected chi connectivity index (χ1v) is 10.2. The van der Waals surface area contributed by atoms with E-state index in [1.54, 1.807) is 19.1 Å². The summed E-state index contributed by atoms with van der Waals surface area (Å²) in [6, 6.07) is 4.50. The van der Waals surface area contributed by atoms with Crippen molar-refractivity contribution in [3.63, 3.8) is 0 Å². The molecule has 0 radical (unpaired) electrons. The maximum atomic E-state index is 12.2. The fourth-order valence-corrected chi connectivity index (χ4v) is 4.04. The van der Waals surface area contributed by atoms with Gasteiger partial charge in [0.05, 0.1) is 14.2 Å². The molecule has 3 N–H and O–H groups in total. The summed E-state index contributed by atoms with van der Waals surface area (Å²) in [5, 5.41) is 3.18. The maximum Gasteiger partial charge on any atom is 0.275 e. The lowest BCUT2D eigenvalue weighted by Gasteiger charge is -2.30. The van der Waals surface area contributed by atoms with Crippen LogP contribution in [0.5, 0.6) is 11.5 Å². The number of hydrogen-bond acceptors (Lipinski definition) is 3. The lowest BCUT2D eigenvalue weighted by Crippen LogP contribution is -3.28. The van der Waals surface area contributed by atoms with Gasteiger partial charge in [-0.2, -0.15) is 0 Å². The number of rotatable bonds is 8. The number of piperazine rings is 1. The highest BCUT2D eigenvalue weighted by molar-refractivity contribution is 5.77. The highest BCUT2D eigenvalue weighted by Crippen LogP contribution is 2.32. The number of benzene rings is 1. The molecule has 1 aromatic carbocycles. The lowest BCUT2D eigenvalue weighted by molar-refractivity contribution is -1.02. The van der Waals surface area contributed by atoms with E-state index in [4.69, 9.17) is 9.47 Å². The van der Waals surface area contributed by atoms with Crippen LogP contribution in [0.15, 0.2) is 12.1 Å². The quantitative estimate of drug-likeness (QED) is 0.557. The number of carbonyl (C=O) groups excluding carboxylic acids is 1. The summed E-state index contributed by atoms with van der Waals surface area (Å²) >= 11 is 0. The standard InChI is InChI=1S/C21H33N3O3/c1-15-11-19(26-3)20(27-4)12-18(15)13-23-7-9-24(10-8-23)14-21(25)22-16(2)17-5-6-17/h11-12,16-17H,5-10,13-14H2,1-4H3,(H,22,25)/p+2/t16-/m1/s1. The van der Waals surface area contributed by atoms with Gasteiger partial charge in [-0.1, -0.05) is 0 Å². The summed E-state index contributed by atoms with van der Waals surface area (Å²) < 4.78 is 10.8. The molecule has 0 spiro atoms. The number of ether oxygens (including phenoxy) is 2. The zero-order valence-corrected chi connectivity index (χ0v) is 17.2. The zero-order chi connectivity index (χ0) is 19.4. The van der Waals surface area contributed by atoms with E-state index in [1.165, 1.54) is 28.9 Å². The minimum atomic E-state index is 0.212. The molecule has 0 bridgehead atoms. The summed E-state index contributed by atoms with van der Waals surface area (Å²) in [5.41, 5.74) is 2.55. The van der Waals surface area contributed by atoms with E-state index in [0.29, 0.717) is 12.6 Å². The third-order valence-electron chi connectivity index (χ3n) is 6.08. The number of amides is 1. The predicted molar refractivity (Wildman–Crippen MR) is 105 cm³/mol. The Morgan fingerprint density at radius 1 is 1.11 bits per heavy atom. The Balaban J connectivity index is 1.47. The molecule has 1 atom stereocenters. The lowest BCUT2D eigenvalue weighted by atomic mass is 10.1. The third-order valence-corrected chi connectivity index (χ3v) is 6.08. The Kier molecular flexibility index (Phi) is 6.60. The van der Waals surface area contributed by atoms with E-state index in [2.05, 4.69) is 31.3 Å². The molecule has 1 amide bonds. The van der Waals surface area contributed by atoms with Gasteiger partial charge < -0.3 is 24.6 Å². The second-order valence-corrected chi connectivity index (χ2v) is 8.18. The van der Waals surface area contributed by atoms with Crippen molar-refractivity contribution in [2.45, 2.75) is 39.3 Å². The SMILES string of the molecule is COc1cc(C)c(C[NH+]2CC[NH+](CC(=O)N[C@H](C)C3CC3)CC2)cc1OC. The largest absolute Gasteiger partial charge is 0.493 e. The molecular weight excluding hydrogens is 342 g/mol. The van der Waals surface area contributed by atoms with Crippen molar-refractivity contribution < 1.29 is 24.1 Å². The fourth-order valence-electron chi connectivity index (χ4n) is 4.04. The second kappa shape index (κ2) is 8.93. The van der Waals surface area contributed by atoms with E-state index in [9.17, 15) is 4.79 Å². The average molecular weight is 378 g/mol. The fraction of sp³-hybridized carbons (Fsp3) is 0.667. The summed E-state index contributed by atoms with van der Waals surface area (Å²) in [6.07, 6.45) is 2.54. The normalized spacial score (nSPS) is 23.6. The smallest absolute Gasteiger partial charge is 0.275 e. The molecule has 2 fully saturated rings. The maximum absolute atomic E-state index is 12.2. The molecule has 3 rings (SSSR count). The first-order valence-electron chi connectivity index (χ1n) is 10.2. The van der Waals surface area contributed by atoms with Gasteiger partial charge in [-0.25, -0.2) is 0 Å². The van der Waals surface area contributed by atoms with Crippen molar-refractivity contribution >= 4 is 5.91 Å². The number of nitrogens with one attached hydrogen (secondary N) is 3. The van der Waals surface area contributed by atoms with Crippen molar-refractivity contribution in [1.29, 1.82) is 0 Å². The molecule has 1 aliphatic carbocycles. The van der Waals surface area contributed by atoms with Gasteiger partial charge in [-0.05, 0) is 50.3 Å². The summed E-state index contributed by atoms with van der Waals surface area (Å²) in [5.74, 6) is 2.51. The van der Waals surface area contributed by atoms with Crippen LogP contribution in [0.2, 0.25) is 0 Å². The van der Waals surface area contributed by atoms with Crippen LogP contribution in [-0.2, 0) is 11.3 Å². The molecule has 150 valence electrons. The molecule has 1 saturated heterocycles. The van der Waals surface area contributed by atoms with Crippen molar-refractivity contribution in [1.82, 2.24) is 5.32 Å². The molecule has 27 heavy (non-hydrogen) atoms. The number of aryl methyl sites for hydroxylation is 1. The van der Waals surface area contributed by atoms with Gasteiger partial charge in [-0.3, -0.25) is 4.79 Å². The molecule has 2 aliphatic rings. The van der Waals surface area contributed by atoms with Crippen LogP contribution in [-0.4, -0.2) is 58.9 Å². The second-order valence-electron chi connectivity index (χ2n) is 8.18. The monoisotopic (exact) mass is 377 g/mol. The molecule has 1 saturated carbocycles. The molecule has 6 heteroatoms. The predicted octanol–water partition coefficient (Wildman–Crippen LogP) is -0.790. The first-order chi connectivity index (χ1) is 13.0. The van der Waals surface area contributed by atoms with Crippen molar-refractivity contribution in [3.8, 4) is 11.5 Å². The molecule has 1 aromatic rings. The molecule has 0 aromatic heterocycles. The Labute approximate surface area is 162 Å². The Morgan fingerprint density at radius 3 is 2.30 bits per heavy atom. The number of hydrogen-bond donors (Lipinski definition) is 3. The average Bonchev–Trinajstić information content (AvgIpc) is 3.49. The summed E-state index contributed by atoms with van der Waals surface area (Å²) in [7, 11) is 3.35. The highest BCUT2D eigenvalue weighted by Gasteiger charge is 2.30. The van der Waals surface area contributed by atoms with E-state index in [1.807, 2.05) is 0 Å². The van der Waals surface area contributed by atoms with Crippen molar-refractivity contribution in [2.75, 3.05) is 46.9 Å². The molecule has 1 aliphatic heterocycles. The van der Waals surface area contributed by atoms with Crippen molar-refractivity contribution in [3.05, 3.63) is 23.3 Å². The Morgan fingerprint density at radius 2 is 1.70 bits per heavy atom.